The minimum atomic E-state index is 0. The number of carbonyl (C=O) groups is 1. The second kappa shape index (κ2) is 6.59. The average molecular weight is 295 g/mol. The van der Waals surface area contributed by atoms with Gasteiger partial charge in [-0.05, 0) is 38.1 Å². The lowest BCUT2D eigenvalue weighted by atomic mass is 10.1. The van der Waals surface area contributed by atoms with Gasteiger partial charge < -0.3 is 10.2 Å². The number of nitrogens with zero attached hydrogens (tertiary/aromatic N) is 1. The van der Waals surface area contributed by atoms with Crippen molar-refractivity contribution in [3.63, 3.8) is 0 Å². The highest BCUT2D eigenvalue weighted by Gasteiger charge is 2.23. The summed E-state index contributed by atoms with van der Waals surface area (Å²) >= 11 is 7.18. The van der Waals surface area contributed by atoms with Crippen LogP contribution in [0.4, 0.5) is 0 Å². The zero-order valence-corrected chi connectivity index (χ0v) is 12.0. The van der Waals surface area contributed by atoms with Gasteiger partial charge in [-0.25, -0.2) is 0 Å². The zero-order valence-electron chi connectivity index (χ0n) is 9.61. The smallest absolute Gasteiger partial charge is 0.263 e. The van der Waals surface area contributed by atoms with Gasteiger partial charge in [0.2, 0.25) is 0 Å². The van der Waals surface area contributed by atoms with Crippen LogP contribution in [0, 0.1) is 0 Å². The quantitative estimate of drug-likeness (QED) is 0.909. The summed E-state index contributed by atoms with van der Waals surface area (Å²) in [5.74, 6) is 0.0869. The van der Waals surface area contributed by atoms with Crippen molar-refractivity contribution in [1.29, 1.82) is 0 Å². The van der Waals surface area contributed by atoms with E-state index in [1.54, 1.807) is 12.1 Å². The van der Waals surface area contributed by atoms with Crippen molar-refractivity contribution < 1.29 is 4.79 Å². The van der Waals surface area contributed by atoms with Crippen molar-refractivity contribution in [1.82, 2.24) is 10.2 Å². The summed E-state index contributed by atoms with van der Waals surface area (Å²) in [4.78, 5) is 14.7. The van der Waals surface area contributed by atoms with Crippen LogP contribution in [0.15, 0.2) is 12.1 Å². The molecule has 1 aliphatic rings. The van der Waals surface area contributed by atoms with Gasteiger partial charge in [0, 0.05) is 13.1 Å². The van der Waals surface area contributed by atoms with E-state index in [-0.39, 0.29) is 18.3 Å². The predicted molar refractivity (Wildman–Crippen MR) is 74.6 cm³/mol. The molecule has 17 heavy (non-hydrogen) atoms. The van der Waals surface area contributed by atoms with E-state index in [9.17, 15) is 4.79 Å². The third kappa shape index (κ3) is 3.58. The SMILES string of the molecule is CN(C(=O)c1ccc(Cl)s1)C1CCNCC1.Cl. The van der Waals surface area contributed by atoms with E-state index in [4.69, 9.17) is 11.6 Å². The summed E-state index contributed by atoms with van der Waals surface area (Å²) in [6.07, 6.45) is 2.06. The Morgan fingerprint density at radius 3 is 2.65 bits per heavy atom. The number of nitrogens with one attached hydrogen (secondary N) is 1. The van der Waals surface area contributed by atoms with E-state index in [0.717, 1.165) is 30.8 Å². The molecule has 0 radical (unpaired) electrons. The first-order valence-electron chi connectivity index (χ1n) is 5.41. The maximum atomic E-state index is 12.1. The van der Waals surface area contributed by atoms with Gasteiger partial charge in [-0.1, -0.05) is 11.6 Å². The lowest BCUT2D eigenvalue weighted by Gasteiger charge is -2.31. The molecule has 0 spiro atoms. The van der Waals surface area contributed by atoms with Gasteiger partial charge in [-0.2, -0.15) is 0 Å². The van der Waals surface area contributed by atoms with Crippen LogP contribution >= 0.6 is 35.3 Å². The Morgan fingerprint density at radius 2 is 2.12 bits per heavy atom. The second-order valence-corrected chi connectivity index (χ2v) is 5.72. The molecular formula is C11H16Cl2N2OS. The van der Waals surface area contributed by atoms with Crippen LogP contribution in [0.2, 0.25) is 4.34 Å². The number of piperidine rings is 1. The fraction of sp³-hybridized carbons (Fsp3) is 0.545. The van der Waals surface area contributed by atoms with Crippen LogP contribution in [-0.4, -0.2) is 37.0 Å². The highest BCUT2D eigenvalue weighted by molar-refractivity contribution is 7.17. The Hall–Kier alpha value is -0.290. The number of thiophene rings is 1. The standard InChI is InChI=1S/C11H15ClN2OS.ClH/c1-14(8-4-6-13-7-5-8)11(15)9-2-3-10(12)16-9;/h2-3,8,13H,4-7H2,1H3;1H. The number of hydrogen-bond donors (Lipinski definition) is 1. The molecule has 0 atom stereocenters. The van der Waals surface area contributed by atoms with Gasteiger partial charge >= 0.3 is 0 Å². The highest BCUT2D eigenvalue weighted by atomic mass is 35.5. The average Bonchev–Trinajstić information content (AvgIpc) is 2.75. The van der Waals surface area contributed by atoms with Crippen LogP contribution < -0.4 is 5.32 Å². The van der Waals surface area contributed by atoms with E-state index in [2.05, 4.69) is 5.32 Å². The Balaban J connectivity index is 0.00000144. The van der Waals surface area contributed by atoms with E-state index >= 15 is 0 Å². The van der Waals surface area contributed by atoms with Crippen molar-refractivity contribution in [2.24, 2.45) is 0 Å². The second-order valence-electron chi connectivity index (χ2n) is 4.00. The minimum absolute atomic E-state index is 0. The fourth-order valence-electron chi connectivity index (χ4n) is 1.96. The fourth-order valence-corrected chi connectivity index (χ4v) is 2.99. The monoisotopic (exact) mass is 294 g/mol. The highest BCUT2D eigenvalue weighted by Crippen LogP contribution is 2.23. The molecular weight excluding hydrogens is 279 g/mol. The van der Waals surface area contributed by atoms with Gasteiger partial charge in [-0.3, -0.25) is 4.79 Å². The lowest BCUT2D eigenvalue weighted by Crippen LogP contribution is -2.43. The number of hydrogen-bond acceptors (Lipinski definition) is 3. The molecule has 1 N–H and O–H groups in total. The van der Waals surface area contributed by atoms with Gasteiger partial charge in [0.25, 0.3) is 5.91 Å². The summed E-state index contributed by atoms with van der Waals surface area (Å²) in [5, 5.41) is 3.30. The van der Waals surface area contributed by atoms with Crippen LogP contribution in [0.1, 0.15) is 22.5 Å². The van der Waals surface area contributed by atoms with E-state index in [1.165, 1.54) is 11.3 Å². The number of halogens is 2. The summed E-state index contributed by atoms with van der Waals surface area (Å²) in [7, 11) is 1.88. The maximum absolute atomic E-state index is 12.1. The zero-order chi connectivity index (χ0) is 11.5. The molecule has 2 rings (SSSR count). The van der Waals surface area contributed by atoms with Gasteiger partial charge in [0.1, 0.15) is 0 Å². The normalized spacial score (nSPS) is 16.4. The molecule has 2 heterocycles. The number of amides is 1. The van der Waals surface area contributed by atoms with Crippen molar-refractivity contribution in [3.8, 4) is 0 Å². The van der Waals surface area contributed by atoms with Gasteiger partial charge in [-0.15, -0.1) is 23.7 Å². The molecule has 0 unspecified atom stereocenters. The molecule has 1 aromatic heterocycles. The van der Waals surface area contributed by atoms with Crippen molar-refractivity contribution in [3.05, 3.63) is 21.3 Å². The molecule has 0 bridgehead atoms. The van der Waals surface area contributed by atoms with Crippen LogP contribution in [0.3, 0.4) is 0 Å². The van der Waals surface area contributed by atoms with Crippen molar-refractivity contribution in [2.75, 3.05) is 20.1 Å². The molecule has 1 aliphatic heterocycles. The summed E-state index contributed by atoms with van der Waals surface area (Å²) in [6, 6.07) is 3.93. The van der Waals surface area contributed by atoms with Crippen molar-refractivity contribution in [2.45, 2.75) is 18.9 Å². The lowest BCUT2D eigenvalue weighted by molar-refractivity contribution is 0.0708. The Bertz CT molecular complexity index is 377. The number of carbonyl (C=O) groups excluding carboxylic acids is 1. The Morgan fingerprint density at radius 1 is 1.47 bits per heavy atom. The first kappa shape index (κ1) is 14.8. The Labute approximate surface area is 117 Å². The molecule has 1 aromatic rings. The third-order valence-corrected chi connectivity index (χ3v) is 4.18. The van der Waals surface area contributed by atoms with Gasteiger partial charge in [0.05, 0.1) is 9.21 Å². The topological polar surface area (TPSA) is 32.3 Å². The Kier molecular flexibility index (Phi) is 5.73. The predicted octanol–water partition coefficient (Wildman–Crippen LogP) is 2.65. The van der Waals surface area contributed by atoms with E-state index in [0.29, 0.717) is 10.4 Å². The van der Waals surface area contributed by atoms with Crippen molar-refractivity contribution >= 4 is 41.3 Å². The molecule has 0 aromatic carbocycles. The molecule has 1 amide bonds. The van der Waals surface area contributed by atoms with Gasteiger partial charge in [0.15, 0.2) is 0 Å². The molecule has 3 nitrogen and oxygen atoms in total. The molecule has 96 valence electrons. The van der Waals surface area contributed by atoms with Crippen LogP contribution in [-0.2, 0) is 0 Å². The number of rotatable bonds is 2. The molecule has 1 saturated heterocycles. The largest absolute Gasteiger partial charge is 0.338 e. The molecule has 0 saturated carbocycles. The molecule has 0 aliphatic carbocycles. The van der Waals surface area contributed by atoms with Crippen LogP contribution in [0.5, 0.6) is 0 Å². The minimum Gasteiger partial charge on any atom is -0.338 e. The van der Waals surface area contributed by atoms with Crippen LogP contribution in [0.25, 0.3) is 0 Å². The maximum Gasteiger partial charge on any atom is 0.263 e. The first-order chi connectivity index (χ1) is 7.68. The van der Waals surface area contributed by atoms with E-state index in [1.807, 2.05) is 11.9 Å². The summed E-state index contributed by atoms with van der Waals surface area (Å²) in [6.45, 7) is 1.99. The third-order valence-electron chi connectivity index (χ3n) is 2.96. The molecule has 6 heteroatoms. The summed E-state index contributed by atoms with van der Waals surface area (Å²) < 4.78 is 0.669. The molecule has 1 fully saturated rings. The summed E-state index contributed by atoms with van der Waals surface area (Å²) in [5.41, 5.74) is 0. The van der Waals surface area contributed by atoms with E-state index < -0.39 is 0 Å². The first-order valence-corrected chi connectivity index (χ1v) is 6.61.